The number of benzene rings is 1. The molecule has 0 spiro atoms. The third kappa shape index (κ3) is 3.64. The lowest BCUT2D eigenvalue weighted by Crippen LogP contribution is -2.22. The number of aromatic amines is 1. The lowest BCUT2D eigenvalue weighted by molar-refractivity contribution is -0.119. The first-order valence-electron chi connectivity index (χ1n) is 8.04. The van der Waals surface area contributed by atoms with E-state index >= 15 is 0 Å². The largest absolute Gasteiger partial charge is 0.381 e. The van der Waals surface area contributed by atoms with Gasteiger partial charge in [-0.25, -0.2) is 9.97 Å². The number of thioether (sulfide) groups is 1. The van der Waals surface area contributed by atoms with Gasteiger partial charge in [-0.05, 0) is 24.1 Å². The Bertz CT molecular complexity index is 891. The summed E-state index contributed by atoms with van der Waals surface area (Å²) in [4.78, 5) is 20.7. The number of nitrogens with zero attached hydrogens (tertiary/aromatic N) is 3. The second kappa shape index (κ2) is 7.20. The van der Waals surface area contributed by atoms with Crippen LogP contribution in [0, 0.1) is 5.92 Å². The number of hydrogen-bond acceptors (Lipinski definition) is 6. The Morgan fingerprint density at radius 2 is 2.36 bits per heavy atom. The number of nitrogens with one attached hydrogen (secondary N) is 2. The van der Waals surface area contributed by atoms with E-state index in [0.717, 1.165) is 39.5 Å². The van der Waals surface area contributed by atoms with Gasteiger partial charge in [0.2, 0.25) is 5.91 Å². The predicted molar refractivity (Wildman–Crippen MR) is 95.2 cm³/mol. The molecule has 8 heteroatoms. The summed E-state index contributed by atoms with van der Waals surface area (Å²) in [7, 11) is 0. The molecule has 1 unspecified atom stereocenters. The fourth-order valence-electron chi connectivity index (χ4n) is 2.73. The maximum Gasteiger partial charge on any atom is 0.229 e. The molecule has 3 aromatic rings. The molecule has 1 atom stereocenters. The second-order valence-electron chi connectivity index (χ2n) is 5.85. The fourth-order valence-corrected chi connectivity index (χ4v) is 3.64. The number of anilines is 1. The second-order valence-corrected chi connectivity index (χ2v) is 6.81. The van der Waals surface area contributed by atoms with Crippen LogP contribution in [0.25, 0.3) is 11.0 Å². The summed E-state index contributed by atoms with van der Waals surface area (Å²) in [6, 6.07) is 7.88. The Hall–Kier alpha value is -2.45. The van der Waals surface area contributed by atoms with Crippen molar-refractivity contribution in [3.63, 3.8) is 0 Å². The van der Waals surface area contributed by atoms with Crippen LogP contribution >= 0.6 is 11.8 Å². The highest BCUT2D eigenvalue weighted by Crippen LogP contribution is 2.27. The summed E-state index contributed by atoms with van der Waals surface area (Å²) in [6.45, 7) is 1.17. The monoisotopic (exact) mass is 355 g/mol. The number of hydrogen-bond donors (Lipinski definition) is 2. The number of H-pyrrole nitrogens is 1. The average Bonchev–Trinajstić information content (AvgIpc) is 3.31. The first-order chi connectivity index (χ1) is 12.3. The third-order valence-corrected chi connectivity index (χ3v) is 5.16. The van der Waals surface area contributed by atoms with Crippen molar-refractivity contribution in [3.8, 4) is 0 Å². The first-order valence-corrected chi connectivity index (χ1v) is 9.02. The molecule has 1 fully saturated rings. The Balaban J connectivity index is 1.43. The Kier molecular flexibility index (Phi) is 4.62. The average molecular weight is 355 g/mol. The third-order valence-electron chi connectivity index (χ3n) is 4.08. The molecule has 0 bridgehead atoms. The summed E-state index contributed by atoms with van der Waals surface area (Å²) in [5.41, 5.74) is 2.66. The van der Waals surface area contributed by atoms with E-state index in [1.807, 2.05) is 24.3 Å². The van der Waals surface area contributed by atoms with E-state index in [2.05, 4.69) is 25.5 Å². The molecule has 25 heavy (non-hydrogen) atoms. The summed E-state index contributed by atoms with van der Waals surface area (Å²) in [5, 5.41) is 11.6. The van der Waals surface area contributed by atoms with Gasteiger partial charge >= 0.3 is 0 Å². The van der Waals surface area contributed by atoms with Gasteiger partial charge in [0, 0.05) is 18.0 Å². The summed E-state index contributed by atoms with van der Waals surface area (Å²) < 4.78 is 5.27. The van der Waals surface area contributed by atoms with Crippen molar-refractivity contribution < 1.29 is 9.53 Å². The number of amides is 1. The Morgan fingerprint density at radius 1 is 1.40 bits per heavy atom. The van der Waals surface area contributed by atoms with Gasteiger partial charge in [-0.2, -0.15) is 5.10 Å². The zero-order valence-electron chi connectivity index (χ0n) is 13.4. The molecule has 0 radical (unpaired) electrons. The molecule has 2 aromatic heterocycles. The highest BCUT2D eigenvalue weighted by atomic mass is 32.2. The number of carbonyl (C=O) groups is 1. The van der Waals surface area contributed by atoms with Gasteiger partial charge in [0.1, 0.15) is 11.4 Å². The smallest absolute Gasteiger partial charge is 0.229 e. The summed E-state index contributed by atoms with van der Waals surface area (Å²) >= 11 is 1.62. The van der Waals surface area contributed by atoms with Gasteiger partial charge < -0.3 is 10.1 Å². The topological polar surface area (TPSA) is 92.8 Å². The molecule has 1 saturated heterocycles. The molecule has 7 nitrogen and oxygen atoms in total. The van der Waals surface area contributed by atoms with Crippen molar-refractivity contribution in [3.05, 3.63) is 42.4 Å². The molecule has 1 amide bonds. The van der Waals surface area contributed by atoms with Gasteiger partial charge in [0.15, 0.2) is 5.65 Å². The SMILES string of the molecule is O=C(Nc1cccc(CSc2ncnc3[nH]ncc23)c1)C1CCOC1. The summed E-state index contributed by atoms with van der Waals surface area (Å²) in [5.74, 6) is 0.722. The van der Waals surface area contributed by atoms with Crippen LogP contribution in [0.15, 0.2) is 41.8 Å². The quantitative estimate of drug-likeness (QED) is 0.540. The van der Waals surface area contributed by atoms with Crippen molar-refractivity contribution in [2.75, 3.05) is 18.5 Å². The molecular weight excluding hydrogens is 338 g/mol. The lowest BCUT2D eigenvalue weighted by Gasteiger charge is -2.10. The van der Waals surface area contributed by atoms with Crippen molar-refractivity contribution in [1.29, 1.82) is 0 Å². The fraction of sp³-hybridized carbons (Fsp3) is 0.294. The molecule has 0 saturated carbocycles. The van der Waals surface area contributed by atoms with E-state index in [-0.39, 0.29) is 11.8 Å². The first kappa shape index (κ1) is 16.0. The number of aromatic nitrogens is 4. The van der Waals surface area contributed by atoms with Crippen LogP contribution in [-0.4, -0.2) is 39.3 Å². The van der Waals surface area contributed by atoms with Crippen LogP contribution in [0.2, 0.25) is 0 Å². The maximum atomic E-state index is 12.2. The van der Waals surface area contributed by atoms with Gasteiger partial charge in [-0.1, -0.05) is 12.1 Å². The van der Waals surface area contributed by atoms with Gasteiger partial charge in [-0.15, -0.1) is 11.8 Å². The highest BCUT2D eigenvalue weighted by Gasteiger charge is 2.23. The molecule has 2 N–H and O–H groups in total. The minimum Gasteiger partial charge on any atom is -0.381 e. The molecule has 1 aliphatic heterocycles. The Labute approximate surface area is 148 Å². The molecule has 1 aliphatic rings. The van der Waals surface area contributed by atoms with E-state index in [0.29, 0.717) is 13.2 Å². The standard InChI is InChI=1S/C17H17N5O2S/c23-16(12-4-5-24-8-12)21-13-3-1-2-11(6-13)9-25-17-14-7-20-22-15(14)18-10-19-17/h1-3,6-7,10,12H,4-5,8-9H2,(H,21,23)(H,18,19,20,22). The van der Waals surface area contributed by atoms with E-state index < -0.39 is 0 Å². The van der Waals surface area contributed by atoms with Gasteiger partial charge in [0.05, 0.1) is 24.1 Å². The lowest BCUT2D eigenvalue weighted by atomic mass is 10.1. The van der Waals surface area contributed by atoms with Gasteiger partial charge in [0.25, 0.3) is 0 Å². The number of fused-ring (bicyclic) bond motifs is 1. The van der Waals surface area contributed by atoms with E-state index in [1.165, 1.54) is 6.33 Å². The predicted octanol–water partition coefficient (Wildman–Crippen LogP) is 2.62. The van der Waals surface area contributed by atoms with Crippen LogP contribution in [-0.2, 0) is 15.3 Å². The number of rotatable bonds is 5. The zero-order chi connectivity index (χ0) is 17.1. The van der Waals surface area contributed by atoms with Crippen LogP contribution in [0.3, 0.4) is 0 Å². The van der Waals surface area contributed by atoms with Crippen molar-refractivity contribution in [2.24, 2.45) is 5.92 Å². The van der Waals surface area contributed by atoms with Gasteiger partial charge in [-0.3, -0.25) is 9.89 Å². The molecular formula is C17H17N5O2S. The van der Waals surface area contributed by atoms with Crippen LogP contribution < -0.4 is 5.32 Å². The highest BCUT2D eigenvalue weighted by molar-refractivity contribution is 7.98. The molecule has 3 heterocycles. The molecule has 1 aromatic carbocycles. The van der Waals surface area contributed by atoms with E-state index in [9.17, 15) is 4.79 Å². The van der Waals surface area contributed by atoms with Crippen LogP contribution in [0.4, 0.5) is 5.69 Å². The molecule has 128 valence electrons. The molecule has 4 rings (SSSR count). The maximum absolute atomic E-state index is 12.2. The number of carbonyl (C=O) groups excluding carboxylic acids is 1. The molecule has 0 aliphatic carbocycles. The Morgan fingerprint density at radius 3 is 3.24 bits per heavy atom. The minimum atomic E-state index is -0.0478. The zero-order valence-corrected chi connectivity index (χ0v) is 14.3. The number of ether oxygens (including phenoxy) is 1. The van der Waals surface area contributed by atoms with Crippen molar-refractivity contribution in [2.45, 2.75) is 17.2 Å². The normalized spacial score (nSPS) is 17.0. The van der Waals surface area contributed by atoms with Crippen LogP contribution in [0.1, 0.15) is 12.0 Å². The van der Waals surface area contributed by atoms with E-state index in [4.69, 9.17) is 4.74 Å². The minimum absolute atomic E-state index is 0.0261. The van der Waals surface area contributed by atoms with Crippen molar-refractivity contribution in [1.82, 2.24) is 20.2 Å². The van der Waals surface area contributed by atoms with Crippen molar-refractivity contribution >= 4 is 34.4 Å². The van der Waals surface area contributed by atoms with E-state index in [1.54, 1.807) is 18.0 Å². The van der Waals surface area contributed by atoms with Crippen LogP contribution in [0.5, 0.6) is 0 Å². The summed E-state index contributed by atoms with van der Waals surface area (Å²) in [6.07, 6.45) is 4.05.